The molecule has 0 amide bonds. The highest BCUT2D eigenvalue weighted by Crippen LogP contribution is 2.60. The first-order valence-electron chi connectivity index (χ1n) is 7.31. The predicted molar refractivity (Wildman–Crippen MR) is 63.1 cm³/mol. The van der Waals surface area contributed by atoms with E-state index in [1.165, 1.54) is 0 Å². The molecule has 0 N–H and O–H groups in total. The van der Waals surface area contributed by atoms with Crippen LogP contribution < -0.4 is 0 Å². The lowest BCUT2D eigenvalue weighted by atomic mass is 9.64. The second kappa shape index (κ2) is 5.41. The number of halogens is 6. The quantitative estimate of drug-likeness (QED) is 0.531. The zero-order valence-corrected chi connectivity index (χ0v) is 11.3. The molecule has 2 aliphatic rings. The van der Waals surface area contributed by atoms with E-state index in [-0.39, 0.29) is 18.8 Å². The third kappa shape index (κ3) is 2.80. The number of hydrogen-bond acceptors (Lipinski definition) is 0. The topological polar surface area (TPSA) is 0 Å². The summed E-state index contributed by atoms with van der Waals surface area (Å²) in [7, 11) is 0. The maximum absolute atomic E-state index is 12.9. The summed E-state index contributed by atoms with van der Waals surface area (Å²) in [5, 5.41) is 0. The van der Waals surface area contributed by atoms with Crippen molar-refractivity contribution >= 4 is 0 Å². The zero-order valence-electron chi connectivity index (χ0n) is 11.3. The predicted octanol–water partition coefficient (Wildman–Crippen LogP) is 5.87. The lowest BCUT2D eigenvalue weighted by Crippen LogP contribution is -2.52. The van der Waals surface area contributed by atoms with Gasteiger partial charge < -0.3 is 0 Å². The molecule has 2 rings (SSSR count). The van der Waals surface area contributed by atoms with Gasteiger partial charge in [-0.25, -0.2) is 0 Å². The van der Waals surface area contributed by atoms with E-state index in [2.05, 4.69) is 0 Å². The van der Waals surface area contributed by atoms with E-state index in [1.54, 1.807) is 0 Å². The molecule has 0 aromatic carbocycles. The summed E-state index contributed by atoms with van der Waals surface area (Å²) in [6, 6.07) is 0. The molecule has 0 nitrogen and oxygen atoms in total. The van der Waals surface area contributed by atoms with Crippen LogP contribution in [0.2, 0.25) is 0 Å². The molecule has 0 bridgehead atoms. The first-order chi connectivity index (χ1) is 9.17. The molecule has 2 saturated carbocycles. The van der Waals surface area contributed by atoms with Crippen molar-refractivity contribution in [2.75, 3.05) is 0 Å². The van der Waals surface area contributed by atoms with E-state index in [0.29, 0.717) is 5.92 Å². The Morgan fingerprint density at radius 3 is 1.40 bits per heavy atom. The van der Waals surface area contributed by atoms with Crippen LogP contribution in [0.1, 0.15) is 57.8 Å². The van der Waals surface area contributed by atoms with Crippen molar-refractivity contribution < 1.29 is 26.3 Å². The summed E-state index contributed by atoms with van der Waals surface area (Å²) >= 11 is 0. The summed E-state index contributed by atoms with van der Waals surface area (Å²) in [5.41, 5.74) is -3.47. The number of alkyl halides is 6. The molecule has 118 valence electrons. The summed E-state index contributed by atoms with van der Waals surface area (Å²) in [6.45, 7) is 0. The Morgan fingerprint density at radius 2 is 1.00 bits per heavy atom. The minimum absolute atomic E-state index is 0.0492. The van der Waals surface area contributed by atoms with Crippen molar-refractivity contribution in [3.05, 3.63) is 0 Å². The van der Waals surface area contributed by atoms with Gasteiger partial charge in [0.05, 0.1) is 0 Å². The molecule has 0 radical (unpaired) electrons. The minimum atomic E-state index is -5.19. The van der Waals surface area contributed by atoms with E-state index in [4.69, 9.17) is 0 Å². The van der Waals surface area contributed by atoms with Gasteiger partial charge in [0.1, 0.15) is 0 Å². The molecule has 2 fully saturated rings. The second-order valence-electron chi connectivity index (χ2n) is 6.31. The number of hydrogen-bond donors (Lipinski definition) is 0. The third-order valence-corrected chi connectivity index (χ3v) is 5.29. The Labute approximate surface area is 114 Å². The van der Waals surface area contributed by atoms with Gasteiger partial charge in [0.2, 0.25) is 0 Å². The lowest BCUT2D eigenvalue weighted by molar-refractivity contribution is -0.352. The average Bonchev–Trinajstić information content (AvgIpc) is 2.37. The third-order valence-electron chi connectivity index (χ3n) is 5.29. The fourth-order valence-corrected chi connectivity index (χ4v) is 3.94. The van der Waals surface area contributed by atoms with Gasteiger partial charge in [-0.3, -0.25) is 0 Å². The first kappa shape index (κ1) is 16.0. The highest BCUT2D eigenvalue weighted by molar-refractivity contribution is 4.97. The molecule has 0 unspecified atom stereocenters. The SMILES string of the molecule is FC(F)(F)C1(C(F)(F)F)CCC(C2CCCCC2)CC1. The minimum Gasteiger partial charge on any atom is -0.170 e. The fraction of sp³-hybridized carbons (Fsp3) is 1.00. The molecule has 20 heavy (non-hydrogen) atoms. The van der Waals surface area contributed by atoms with Crippen LogP contribution in [-0.2, 0) is 0 Å². The van der Waals surface area contributed by atoms with Crippen LogP contribution in [-0.4, -0.2) is 12.4 Å². The summed E-state index contributed by atoms with van der Waals surface area (Å²) in [6.07, 6.45) is -6.65. The molecule has 2 aliphatic carbocycles. The van der Waals surface area contributed by atoms with Crippen molar-refractivity contribution in [2.24, 2.45) is 17.3 Å². The normalized spacial score (nSPS) is 26.7. The Hall–Kier alpha value is -0.420. The van der Waals surface area contributed by atoms with Gasteiger partial charge in [-0.15, -0.1) is 0 Å². The van der Waals surface area contributed by atoms with Gasteiger partial charge in [0, 0.05) is 0 Å². The fourth-order valence-electron chi connectivity index (χ4n) is 3.94. The molecular weight excluding hydrogens is 282 g/mol. The van der Waals surface area contributed by atoms with Crippen LogP contribution in [0.4, 0.5) is 26.3 Å². The van der Waals surface area contributed by atoms with Crippen LogP contribution in [0.5, 0.6) is 0 Å². The summed E-state index contributed by atoms with van der Waals surface area (Å²) in [5.74, 6) is 0.386. The van der Waals surface area contributed by atoms with E-state index in [1.807, 2.05) is 0 Å². The maximum Gasteiger partial charge on any atom is 0.403 e. The van der Waals surface area contributed by atoms with Crippen molar-refractivity contribution in [3.63, 3.8) is 0 Å². The van der Waals surface area contributed by atoms with Crippen LogP contribution in [0.25, 0.3) is 0 Å². The summed E-state index contributed by atoms with van der Waals surface area (Å²) in [4.78, 5) is 0. The Morgan fingerprint density at radius 1 is 0.600 bits per heavy atom. The monoisotopic (exact) mass is 302 g/mol. The standard InChI is InChI=1S/C14H20F6/c15-13(16,17)12(14(18,19)20)8-6-11(7-9-12)10-4-2-1-3-5-10/h10-11H,1-9H2. The Bertz CT molecular complexity index is 300. The smallest absolute Gasteiger partial charge is 0.170 e. The maximum atomic E-state index is 12.9. The van der Waals surface area contributed by atoms with E-state index < -0.39 is 30.6 Å². The van der Waals surface area contributed by atoms with Gasteiger partial charge in [0.25, 0.3) is 0 Å². The van der Waals surface area contributed by atoms with E-state index >= 15 is 0 Å². The molecule has 6 heteroatoms. The second-order valence-corrected chi connectivity index (χ2v) is 6.31. The van der Waals surface area contributed by atoms with Crippen molar-refractivity contribution in [2.45, 2.75) is 70.1 Å². The zero-order chi connectivity index (χ0) is 15.0. The molecule has 0 heterocycles. The van der Waals surface area contributed by atoms with Crippen LogP contribution >= 0.6 is 0 Å². The average molecular weight is 302 g/mol. The van der Waals surface area contributed by atoms with Crippen molar-refractivity contribution in [1.82, 2.24) is 0 Å². The van der Waals surface area contributed by atoms with Crippen molar-refractivity contribution in [1.29, 1.82) is 0 Å². The lowest BCUT2D eigenvalue weighted by Gasteiger charge is -2.44. The largest absolute Gasteiger partial charge is 0.403 e. The molecule has 0 aromatic rings. The van der Waals surface area contributed by atoms with Crippen LogP contribution in [0.3, 0.4) is 0 Å². The molecule has 0 spiro atoms. The Kier molecular flexibility index (Phi) is 4.32. The number of rotatable bonds is 1. The van der Waals surface area contributed by atoms with Gasteiger partial charge in [0.15, 0.2) is 5.41 Å². The van der Waals surface area contributed by atoms with Gasteiger partial charge in [-0.2, -0.15) is 26.3 Å². The van der Waals surface area contributed by atoms with E-state index in [0.717, 1.165) is 32.1 Å². The van der Waals surface area contributed by atoms with Crippen LogP contribution in [0.15, 0.2) is 0 Å². The molecule has 0 saturated heterocycles. The highest BCUT2D eigenvalue weighted by Gasteiger charge is 2.70. The van der Waals surface area contributed by atoms with Gasteiger partial charge >= 0.3 is 12.4 Å². The molecule has 0 aliphatic heterocycles. The molecule has 0 atom stereocenters. The van der Waals surface area contributed by atoms with Crippen LogP contribution in [0, 0.1) is 17.3 Å². The van der Waals surface area contributed by atoms with Gasteiger partial charge in [-0.05, 0) is 37.5 Å². The highest BCUT2D eigenvalue weighted by atomic mass is 19.4. The molecular formula is C14H20F6. The van der Waals surface area contributed by atoms with Crippen molar-refractivity contribution in [3.8, 4) is 0 Å². The Balaban J connectivity index is 2.07. The van der Waals surface area contributed by atoms with E-state index in [9.17, 15) is 26.3 Å². The van der Waals surface area contributed by atoms with Gasteiger partial charge in [-0.1, -0.05) is 32.1 Å². The molecule has 0 aromatic heterocycles. The first-order valence-corrected chi connectivity index (χ1v) is 7.31. The summed E-state index contributed by atoms with van der Waals surface area (Å²) < 4.78 is 77.7.